The SMILES string of the molecule is c1cc(C2CC2)ccc1CNC1CCN(C2CC2)CC1. The van der Waals surface area contributed by atoms with Crippen molar-refractivity contribution in [1.29, 1.82) is 0 Å². The van der Waals surface area contributed by atoms with E-state index in [1.54, 1.807) is 5.56 Å². The van der Waals surface area contributed by atoms with Crippen LogP contribution in [-0.4, -0.2) is 30.1 Å². The number of hydrogen-bond donors (Lipinski definition) is 1. The van der Waals surface area contributed by atoms with E-state index in [2.05, 4.69) is 34.5 Å². The Morgan fingerprint density at radius 3 is 2.20 bits per heavy atom. The molecule has 0 unspecified atom stereocenters. The maximum Gasteiger partial charge on any atom is 0.0208 e. The fourth-order valence-electron chi connectivity index (χ4n) is 3.49. The standard InChI is InChI=1S/C18H26N2/c1-3-15(16-5-6-16)4-2-14(1)13-19-17-9-11-20(12-10-17)18-7-8-18/h1-4,16-19H,5-13H2. The average molecular weight is 270 g/mol. The second-order valence-electron chi connectivity index (χ2n) is 6.94. The van der Waals surface area contributed by atoms with Gasteiger partial charge in [-0.05, 0) is 68.7 Å². The minimum Gasteiger partial charge on any atom is -0.310 e. The second kappa shape index (κ2) is 5.50. The molecule has 4 rings (SSSR count). The van der Waals surface area contributed by atoms with Crippen LogP contribution in [0.5, 0.6) is 0 Å². The van der Waals surface area contributed by atoms with Crippen LogP contribution in [0.25, 0.3) is 0 Å². The lowest BCUT2D eigenvalue weighted by Gasteiger charge is -2.32. The number of rotatable bonds is 5. The largest absolute Gasteiger partial charge is 0.310 e. The van der Waals surface area contributed by atoms with Gasteiger partial charge in [-0.1, -0.05) is 24.3 Å². The van der Waals surface area contributed by atoms with Crippen LogP contribution in [0.3, 0.4) is 0 Å². The quantitative estimate of drug-likeness (QED) is 0.883. The molecule has 1 aromatic carbocycles. The first-order chi connectivity index (χ1) is 9.88. The van der Waals surface area contributed by atoms with E-state index in [1.165, 1.54) is 57.2 Å². The third kappa shape index (κ3) is 3.07. The van der Waals surface area contributed by atoms with Gasteiger partial charge < -0.3 is 10.2 Å². The van der Waals surface area contributed by atoms with Crippen LogP contribution < -0.4 is 5.32 Å². The molecular formula is C18H26N2. The van der Waals surface area contributed by atoms with E-state index in [9.17, 15) is 0 Å². The minimum atomic E-state index is 0.730. The summed E-state index contributed by atoms with van der Waals surface area (Å²) in [5.41, 5.74) is 2.99. The Morgan fingerprint density at radius 2 is 1.60 bits per heavy atom. The van der Waals surface area contributed by atoms with E-state index in [1.807, 2.05) is 0 Å². The van der Waals surface area contributed by atoms with E-state index in [0.717, 1.165) is 24.5 Å². The number of piperidine rings is 1. The van der Waals surface area contributed by atoms with Crippen molar-refractivity contribution in [2.24, 2.45) is 0 Å². The highest BCUT2D eigenvalue weighted by Crippen LogP contribution is 2.39. The minimum absolute atomic E-state index is 0.730. The lowest BCUT2D eigenvalue weighted by atomic mass is 10.0. The summed E-state index contributed by atoms with van der Waals surface area (Å²) in [7, 11) is 0. The highest BCUT2D eigenvalue weighted by Gasteiger charge is 2.31. The molecule has 1 aliphatic heterocycles. The van der Waals surface area contributed by atoms with E-state index >= 15 is 0 Å². The summed E-state index contributed by atoms with van der Waals surface area (Å²) in [6.07, 6.45) is 8.36. The normalized spacial score (nSPS) is 25.0. The van der Waals surface area contributed by atoms with Crippen LogP contribution in [0, 0.1) is 0 Å². The number of likely N-dealkylation sites (tertiary alicyclic amines) is 1. The van der Waals surface area contributed by atoms with Gasteiger partial charge in [-0.15, -0.1) is 0 Å². The topological polar surface area (TPSA) is 15.3 Å². The summed E-state index contributed by atoms with van der Waals surface area (Å²) in [6.45, 7) is 3.66. The number of nitrogens with one attached hydrogen (secondary N) is 1. The zero-order valence-electron chi connectivity index (χ0n) is 12.4. The first-order valence-electron chi connectivity index (χ1n) is 8.45. The highest BCUT2D eigenvalue weighted by molar-refractivity contribution is 5.28. The summed E-state index contributed by atoms with van der Waals surface area (Å²) in [4.78, 5) is 2.70. The predicted molar refractivity (Wildman–Crippen MR) is 82.9 cm³/mol. The van der Waals surface area contributed by atoms with Crippen LogP contribution in [0.1, 0.15) is 55.6 Å². The van der Waals surface area contributed by atoms with Crippen LogP contribution in [0.2, 0.25) is 0 Å². The van der Waals surface area contributed by atoms with Gasteiger partial charge in [0.25, 0.3) is 0 Å². The van der Waals surface area contributed by atoms with Gasteiger partial charge in [-0.25, -0.2) is 0 Å². The highest BCUT2D eigenvalue weighted by atomic mass is 15.2. The smallest absolute Gasteiger partial charge is 0.0208 e. The molecule has 0 bridgehead atoms. The summed E-state index contributed by atoms with van der Waals surface area (Å²) in [5, 5.41) is 3.76. The monoisotopic (exact) mass is 270 g/mol. The van der Waals surface area contributed by atoms with Gasteiger partial charge in [-0.2, -0.15) is 0 Å². The molecule has 2 heteroatoms. The molecule has 0 atom stereocenters. The zero-order valence-corrected chi connectivity index (χ0v) is 12.4. The van der Waals surface area contributed by atoms with Gasteiger partial charge in [-0.3, -0.25) is 0 Å². The van der Waals surface area contributed by atoms with Gasteiger partial charge in [0, 0.05) is 18.6 Å². The molecule has 3 fully saturated rings. The van der Waals surface area contributed by atoms with Crippen LogP contribution in [0.15, 0.2) is 24.3 Å². The molecule has 2 saturated carbocycles. The van der Waals surface area contributed by atoms with Crippen molar-refractivity contribution in [3.05, 3.63) is 35.4 Å². The molecule has 20 heavy (non-hydrogen) atoms. The van der Waals surface area contributed by atoms with Gasteiger partial charge in [0.2, 0.25) is 0 Å². The van der Waals surface area contributed by atoms with Crippen molar-refractivity contribution < 1.29 is 0 Å². The van der Waals surface area contributed by atoms with Crippen molar-refractivity contribution in [2.45, 2.75) is 63.1 Å². The van der Waals surface area contributed by atoms with Crippen LogP contribution in [0.4, 0.5) is 0 Å². The number of benzene rings is 1. The Morgan fingerprint density at radius 1 is 0.900 bits per heavy atom. The first kappa shape index (κ1) is 12.8. The lowest BCUT2D eigenvalue weighted by molar-refractivity contribution is 0.189. The van der Waals surface area contributed by atoms with Gasteiger partial charge in [0.05, 0.1) is 0 Å². The van der Waals surface area contributed by atoms with E-state index in [-0.39, 0.29) is 0 Å². The third-order valence-electron chi connectivity index (χ3n) is 5.22. The van der Waals surface area contributed by atoms with Crippen molar-refractivity contribution in [2.75, 3.05) is 13.1 Å². The van der Waals surface area contributed by atoms with Crippen molar-refractivity contribution in [1.82, 2.24) is 10.2 Å². The van der Waals surface area contributed by atoms with Gasteiger partial charge in [0.15, 0.2) is 0 Å². The molecule has 2 aliphatic carbocycles. The summed E-state index contributed by atoms with van der Waals surface area (Å²) < 4.78 is 0. The molecule has 0 radical (unpaired) electrons. The second-order valence-corrected chi connectivity index (χ2v) is 6.94. The summed E-state index contributed by atoms with van der Waals surface area (Å²) in [5.74, 6) is 0.878. The molecule has 0 aromatic heterocycles. The fraction of sp³-hybridized carbons (Fsp3) is 0.667. The van der Waals surface area contributed by atoms with Gasteiger partial charge in [0.1, 0.15) is 0 Å². The fourth-order valence-corrected chi connectivity index (χ4v) is 3.49. The third-order valence-corrected chi connectivity index (χ3v) is 5.22. The number of hydrogen-bond acceptors (Lipinski definition) is 2. The van der Waals surface area contributed by atoms with Crippen molar-refractivity contribution >= 4 is 0 Å². The van der Waals surface area contributed by atoms with Gasteiger partial charge >= 0.3 is 0 Å². The molecule has 1 heterocycles. The van der Waals surface area contributed by atoms with E-state index in [4.69, 9.17) is 0 Å². The summed E-state index contributed by atoms with van der Waals surface area (Å²) >= 11 is 0. The van der Waals surface area contributed by atoms with E-state index < -0.39 is 0 Å². The average Bonchev–Trinajstić information content (AvgIpc) is 3.39. The Labute approximate surface area is 122 Å². The molecule has 0 amide bonds. The zero-order chi connectivity index (χ0) is 13.4. The Hall–Kier alpha value is -0.860. The number of nitrogens with zero attached hydrogens (tertiary/aromatic N) is 1. The lowest BCUT2D eigenvalue weighted by Crippen LogP contribution is -2.43. The predicted octanol–water partition coefficient (Wildman–Crippen LogP) is 3.28. The van der Waals surface area contributed by atoms with Crippen LogP contribution >= 0.6 is 0 Å². The summed E-state index contributed by atoms with van der Waals surface area (Å²) in [6, 6.07) is 11.0. The van der Waals surface area contributed by atoms with Crippen molar-refractivity contribution in [3.63, 3.8) is 0 Å². The molecule has 1 aromatic rings. The molecular weight excluding hydrogens is 244 g/mol. The molecule has 1 N–H and O–H groups in total. The molecule has 1 saturated heterocycles. The maximum absolute atomic E-state index is 3.76. The molecule has 0 spiro atoms. The Kier molecular flexibility index (Phi) is 3.53. The maximum atomic E-state index is 3.76. The first-order valence-corrected chi connectivity index (χ1v) is 8.45. The molecule has 108 valence electrons. The Bertz CT molecular complexity index is 437. The molecule has 3 aliphatic rings. The van der Waals surface area contributed by atoms with Crippen molar-refractivity contribution in [3.8, 4) is 0 Å². The van der Waals surface area contributed by atoms with E-state index in [0.29, 0.717) is 0 Å². The Balaban J connectivity index is 1.23. The molecule has 2 nitrogen and oxygen atoms in total. The van der Waals surface area contributed by atoms with Crippen LogP contribution in [-0.2, 0) is 6.54 Å².